The summed E-state index contributed by atoms with van der Waals surface area (Å²) in [5.74, 6) is 0.641. The van der Waals surface area contributed by atoms with Gasteiger partial charge >= 0.3 is 0 Å². The second-order valence-electron chi connectivity index (χ2n) is 2.83. The molecule has 82 valence electrons. The molecule has 2 N–H and O–H groups in total. The monoisotopic (exact) mass is 228 g/mol. The number of rotatable bonds is 6. The Bertz CT molecular complexity index is 333. The van der Waals surface area contributed by atoms with Gasteiger partial charge in [-0.25, -0.2) is 0 Å². The van der Waals surface area contributed by atoms with Crippen molar-refractivity contribution in [2.75, 3.05) is 13.2 Å². The SMILES string of the molecule is O=[N+]([O-])c1cccc(CSNCCO)c1. The van der Waals surface area contributed by atoms with Crippen LogP contribution in [-0.2, 0) is 5.75 Å². The maximum Gasteiger partial charge on any atom is 0.269 e. The zero-order valence-electron chi connectivity index (χ0n) is 8.05. The Morgan fingerprint density at radius 1 is 1.53 bits per heavy atom. The summed E-state index contributed by atoms with van der Waals surface area (Å²) in [4.78, 5) is 10.1. The van der Waals surface area contributed by atoms with Gasteiger partial charge in [-0.3, -0.25) is 14.8 Å². The third-order valence-corrected chi connectivity index (χ3v) is 2.56. The molecule has 0 spiro atoms. The number of nitrogens with one attached hydrogen (secondary N) is 1. The lowest BCUT2D eigenvalue weighted by Gasteiger charge is -2.02. The number of nitro benzene ring substituents is 1. The summed E-state index contributed by atoms with van der Waals surface area (Å²) >= 11 is 1.42. The molecular formula is C9H12N2O3S. The van der Waals surface area contributed by atoms with E-state index in [1.54, 1.807) is 12.1 Å². The molecule has 0 aliphatic heterocycles. The van der Waals surface area contributed by atoms with E-state index in [-0.39, 0.29) is 12.3 Å². The Balaban J connectivity index is 2.47. The van der Waals surface area contributed by atoms with Crippen LogP contribution >= 0.6 is 11.9 Å². The van der Waals surface area contributed by atoms with Crippen molar-refractivity contribution in [3.63, 3.8) is 0 Å². The predicted molar refractivity (Wildman–Crippen MR) is 59.5 cm³/mol. The van der Waals surface area contributed by atoms with Crippen LogP contribution in [0.1, 0.15) is 5.56 Å². The molecule has 0 aromatic heterocycles. The Kier molecular flexibility index (Phi) is 5.09. The highest BCUT2D eigenvalue weighted by Gasteiger charge is 2.04. The van der Waals surface area contributed by atoms with E-state index in [1.807, 2.05) is 6.07 Å². The van der Waals surface area contributed by atoms with Crippen molar-refractivity contribution in [3.8, 4) is 0 Å². The van der Waals surface area contributed by atoms with E-state index in [2.05, 4.69) is 4.72 Å². The molecule has 0 saturated heterocycles. The summed E-state index contributed by atoms with van der Waals surface area (Å²) < 4.78 is 2.93. The third kappa shape index (κ3) is 4.28. The molecule has 0 unspecified atom stereocenters. The van der Waals surface area contributed by atoms with Crippen LogP contribution in [0.3, 0.4) is 0 Å². The summed E-state index contributed by atoms with van der Waals surface area (Å²) in [5, 5.41) is 19.0. The molecule has 15 heavy (non-hydrogen) atoms. The molecule has 0 aliphatic rings. The van der Waals surface area contributed by atoms with Crippen molar-refractivity contribution in [1.29, 1.82) is 0 Å². The molecule has 1 rings (SSSR count). The van der Waals surface area contributed by atoms with Crippen molar-refractivity contribution in [1.82, 2.24) is 4.72 Å². The Hall–Kier alpha value is -1.11. The Labute approximate surface area is 91.8 Å². The molecule has 0 aliphatic carbocycles. The van der Waals surface area contributed by atoms with Crippen LogP contribution in [0.2, 0.25) is 0 Å². The summed E-state index contributed by atoms with van der Waals surface area (Å²) in [5.41, 5.74) is 0.995. The highest BCUT2D eigenvalue weighted by atomic mass is 32.2. The number of non-ortho nitro benzene ring substituents is 1. The molecule has 5 nitrogen and oxygen atoms in total. The van der Waals surface area contributed by atoms with Crippen LogP contribution in [0.25, 0.3) is 0 Å². The topological polar surface area (TPSA) is 75.4 Å². The van der Waals surface area contributed by atoms with E-state index in [1.165, 1.54) is 18.0 Å². The quantitative estimate of drug-likeness (QED) is 0.332. The van der Waals surface area contributed by atoms with Gasteiger partial charge in [0.05, 0.1) is 11.5 Å². The molecular weight excluding hydrogens is 216 g/mol. The van der Waals surface area contributed by atoms with E-state index in [0.29, 0.717) is 12.3 Å². The smallest absolute Gasteiger partial charge is 0.269 e. The average Bonchev–Trinajstić information content (AvgIpc) is 2.25. The minimum absolute atomic E-state index is 0.0853. The number of hydrogen-bond acceptors (Lipinski definition) is 5. The number of aliphatic hydroxyl groups excluding tert-OH is 1. The van der Waals surface area contributed by atoms with Crippen LogP contribution < -0.4 is 4.72 Å². The van der Waals surface area contributed by atoms with Crippen LogP contribution in [0.5, 0.6) is 0 Å². The Morgan fingerprint density at radius 2 is 2.33 bits per heavy atom. The first kappa shape index (κ1) is 12.0. The number of aliphatic hydroxyl groups is 1. The fourth-order valence-electron chi connectivity index (χ4n) is 1.01. The molecule has 0 radical (unpaired) electrons. The van der Waals surface area contributed by atoms with Gasteiger partial charge in [-0.1, -0.05) is 24.1 Å². The minimum Gasteiger partial charge on any atom is -0.395 e. The highest BCUT2D eigenvalue weighted by Crippen LogP contribution is 2.16. The number of nitro groups is 1. The molecule has 0 bridgehead atoms. The lowest BCUT2D eigenvalue weighted by atomic mass is 10.2. The zero-order chi connectivity index (χ0) is 11.1. The lowest BCUT2D eigenvalue weighted by molar-refractivity contribution is -0.384. The lowest BCUT2D eigenvalue weighted by Crippen LogP contribution is -2.09. The second kappa shape index (κ2) is 6.39. The zero-order valence-corrected chi connectivity index (χ0v) is 8.87. The summed E-state index contributed by atoms with van der Waals surface area (Å²) in [6.45, 7) is 0.599. The van der Waals surface area contributed by atoms with Crippen molar-refractivity contribution in [2.24, 2.45) is 0 Å². The number of hydrogen-bond donors (Lipinski definition) is 2. The first-order valence-corrected chi connectivity index (χ1v) is 5.41. The van der Waals surface area contributed by atoms with Gasteiger partial charge in [0.1, 0.15) is 0 Å². The van der Waals surface area contributed by atoms with Crippen molar-refractivity contribution < 1.29 is 10.0 Å². The number of benzene rings is 1. The minimum atomic E-state index is -0.407. The van der Waals surface area contributed by atoms with E-state index in [0.717, 1.165) is 5.56 Å². The van der Waals surface area contributed by atoms with Crippen molar-refractivity contribution in [2.45, 2.75) is 5.75 Å². The fourth-order valence-corrected chi connectivity index (χ4v) is 1.70. The van der Waals surface area contributed by atoms with E-state index < -0.39 is 4.92 Å². The molecule has 0 amide bonds. The van der Waals surface area contributed by atoms with Crippen LogP contribution in [-0.4, -0.2) is 23.2 Å². The van der Waals surface area contributed by atoms with Crippen LogP contribution in [0.4, 0.5) is 5.69 Å². The number of nitrogens with zero attached hydrogens (tertiary/aromatic N) is 1. The third-order valence-electron chi connectivity index (χ3n) is 1.68. The highest BCUT2D eigenvalue weighted by molar-refractivity contribution is 7.96. The van der Waals surface area contributed by atoms with E-state index in [4.69, 9.17) is 5.11 Å². The van der Waals surface area contributed by atoms with E-state index >= 15 is 0 Å². The second-order valence-corrected chi connectivity index (χ2v) is 3.70. The van der Waals surface area contributed by atoms with Crippen LogP contribution in [0, 0.1) is 10.1 Å². The van der Waals surface area contributed by atoms with E-state index in [9.17, 15) is 10.1 Å². The van der Waals surface area contributed by atoms with Gasteiger partial charge in [0, 0.05) is 24.4 Å². The standard InChI is InChI=1S/C9H12N2O3S/c12-5-4-10-15-7-8-2-1-3-9(6-8)11(13)14/h1-3,6,10,12H,4-5,7H2. The maximum atomic E-state index is 10.5. The van der Waals surface area contributed by atoms with Gasteiger partial charge in [-0.05, 0) is 5.56 Å². The molecule has 0 atom stereocenters. The Morgan fingerprint density at radius 3 is 3.00 bits per heavy atom. The molecule has 6 heteroatoms. The fraction of sp³-hybridized carbons (Fsp3) is 0.333. The molecule has 0 saturated carbocycles. The maximum absolute atomic E-state index is 10.5. The molecule has 1 aromatic rings. The largest absolute Gasteiger partial charge is 0.395 e. The molecule has 0 fully saturated rings. The van der Waals surface area contributed by atoms with Crippen LogP contribution in [0.15, 0.2) is 24.3 Å². The van der Waals surface area contributed by atoms with Crippen molar-refractivity contribution >= 4 is 17.6 Å². The molecule has 0 heterocycles. The van der Waals surface area contributed by atoms with Gasteiger partial charge in [-0.15, -0.1) is 0 Å². The first-order valence-electron chi connectivity index (χ1n) is 4.43. The summed E-state index contributed by atoms with van der Waals surface area (Å²) in [7, 11) is 0. The first-order chi connectivity index (χ1) is 7.24. The van der Waals surface area contributed by atoms with Crippen molar-refractivity contribution in [3.05, 3.63) is 39.9 Å². The average molecular weight is 228 g/mol. The van der Waals surface area contributed by atoms with Gasteiger partial charge in [0.2, 0.25) is 0 Å². The predicted octanol–water partition coefficient (Wildman–Crippen LogP) is 1.32. The summed E-state index contributed by atoms with van der Waals surface area (Å²) in [6.07, 6.45) is 0. The van der Waals surface area contributed by atoms with Gasteiger partial charge < -0.3 is 5.11 Å². The molecule has 1 aromatic carbocycles. The van der Waals surface area contributed by atoms with Gasteiger partial charge in [0.25, 0.3) is 5.69 Å². The normalized spacial score (nSPS) is 10.2. The van der Waals surface area contributed by atoms with Gasteiger partial charge in [0.15, 0.2) is 0 Å². The van der Waals surface area contributed by atoms with Gasteiger partial charge in [-0.2, -0.15) is 0 Å². The summed E-state index contributed by atoms with van der Waals surface area (Å²) in [6, 6.07) is 6.52.